The van der Waals surface area contributed by atoms with Crippen LogP contribution in [0.3, 0.4) is 0 Å². The molecule has 2 heteroatoms. The second-order valence-corrected chi connectivity index (χ2v) is 3.31. The summed E-state index contributed by atoms with van der Waals surface area (Å²) in [6, 6.07) is 17.3. The van der Waals surface area contributed by atoms with Gasteiger partial charge in [-0.2, -0.15) is 0 Å². The third-order valence-corrected chi connectivity index (χ3v) is 2.28. The number of primary amides is 1. The molecule has 0 saturated carbocycles. The van der Waals surface area contributed by atoms with Crippen LogP contribution in [0.15, 0.2) is 54.6 Å². The lowest BCUT2D eigenvalue weighted by atomic mass is 10.0. The van der Waals surface area contributed by atoms with Crippen molar-refractivity contribution in [2.75, 3.05) is 0 Å². The topological polar surface area (TPSA) is 43.1 Å². The van der Waals surface area contributed by atoms with Gasteiger partial charge in [0.25, 0.3) is 0 Å². The first-order chi connectivity index (χ1) is 7.27. The van der Waals surface area contributed by atoms with E-state index in [9.17, 15) is 4.79 Å². The highest BCUT2D eigenvalue weighted by atomic mass is 16.1. The summed E-state index contributed by atoms with van der Waals surface area (Å²) in [5.74, 6) is -0.394. The Morgan fingerprint density at radius 2 is 1.40 bits per heavy atom. The number of carbonyl (C=O) groups is 1. The van der Waals surface area contributed by atoms with Crippen molar-refractivity contribution in [3.63, 3.8) is 0 Å². The number of hydrogen-bond acceptors (Lipinski definition) is 1. The van der Waals surface area contributed by atoms with E-state index >= 15 is 0 Å². The zero-order chi connectivity index (χ0) is 10.7. The van der Waals surface area contributed by atoms with Gasteiger partial charge in [0, 0.05) is 6.99 Å². The molecule has 0 unspecified atom stereocenters. The van der Waals surface area contributed by atoms with E-state index in [1.54, 1.807) is 12.1 Å². The lowest BCUT2D eigenvalue weighted by molar-refractivity contribution is 0.100. The first kappa shape index (κ1) is 9.46. The molecule has 2 N–H and O–H groups in total. The van der Waals surface area contributed by atoms with Gasteiger partial charge in [-0.25, -0.2) is 0 Å². The standard InChI is InChI=1S/C13H11NO.H2/c14-13(15)12-8-6-11(7-9-12)10-4-2-1-3-5-10;/h1-9H,(H2,14,15);1H. The molecule has 0 saturated heterocycles. The average molecular weight is 199 g/mol. The maximum atomic E-state index is 10.9. The van der Waals surface area contributed by atoms with Crippen LogP contribution >= 0.6 is 0 Å². The SMILES string of the molecule is NC(=O)c1ccc(-c2ccccc2)cc1.[HH]. The summed E-state index contributed by atoms with van der Waals surface area (Å²) >= 11 is 0. The minimum atomic E-state index is -0.394. The molecule has 2 aromatic rings. The van der Waals surface area contributed by atoms with Crippen LogP contribution < -0.4 is 5.73 Å². The van der Waals surface area contributed by atoms with Crippen molar-refractivity contribution in [2.24, 2.45) is 5.73 Å². The van der Waals surface area contributed by atoms with Gasteiger partial charge in [0.05, 0.1) is 0 Å². The zero-order valence-corrected chi connectivity index (χ0v) is 8.18. The van der Waals surface area contributed by atoms with E-state index in [-0.39, 0.29) is 1.43 Å². The van der Waals surface area contributed by atoms with Gasteiger partial charge in [-0.05, 0) is 23.3 Å². The van der Waals surface area contributed by atoms with Crippen molar-refractivity contribution in [3.05, 3.63) is 60.2 Å². The summed E-state index contributed by atoms with van der Waals surface area (Å²) in [6.07, 6.45) is 0. The van der Waals surface area contributed by atoms with Crippen LogP contribution in [0.25, 0.3) is 11.1 Å². The van der Waals surface area contributed by atoms with Crippen molar-refractivity contribution < 1.29 is 6.22 Å². The van der Waals surface area contributed by atoms with Crippen molar-refractivity contribution >= 4 is 5.91 Å². The Kier molecular flexibility index (Phi) is 2.50. The summed E-state index contributed by atoms with van der Waals surface area (Å²) in [4.78, 5) is 10.9. The van der Waals surface area contributed by atoms with Crippen molar-refractivity contribution in [1.29, 1.82) is 0 Å². The van der Waals surface area contributed by atoms with Gasteiger partial charge in [0.15, 0.2) is 0 Å². The summed E-state index contributed by atoms with van der Waals surface area (Å²) in [6.45, 7) is 0. The smallest absolute Gasteiger partial charge is 0.248 e. The molecule has 15 heavy (non-hydrogen) atoms. The summed E-state index contributed by atoms with van der Waals surface area (Å²) in [7, 11) is 0. The molecule has 0 aliphatic heterocycles. The molecule has 0 atom stereocenters. The molecule has 1 amide bonds. The second-order valence-electron chi connectivity index (χ2n) is 3.31. The first-order valence-electron chi connectivity index (χ1n) is 4.72. The summed E-state index contributed by atoms with van der Waals surface area (Å²) < 4.78 is 0. The third kappa shape index (κ3) is 2.05. The Bertz CT molecular complexity index is 465. The molecule has 2 nitrogen and oxygen atoms in total. The quantitative estimate of drug-likeness (QED) is 0.793. The maximum Gasteiger partial charge on any atom is 0.248 e. The Labute approximate surface area is 89.8 Å². The molecule has 0 radical (unpaired) electrons. The zero-order valence-electron chi connectivity index (χ0n) is 8.18. The number of benzene rings is 2. The molecule has 0 heterocycles. The Hall–Kier alpha value is -2.09. The van der Waals surface area contributed by atoms with Crippen molar-refractivity contribution in [3.8, 4) is 11.1 Å². The van der Waals surface area contributed by atoms with Gasteiger partial charge in [-0.1, -0.05) is 42.5 Å². The van der Waals surface area contributed by atoms with Crippen LogP contribution in [0.4, 0.5) is 0 Å². The van der Waals surface area contributed by atoms with Crippen LogP contribution in [0.5, 0.6) is 0 Å². The second kappa shape index (κ2) is 3.96. The normalized spacial score (nSPS) is 9.87. The van der Waals surface area contributed by atoms with Crippen LogP contribution in [0, 0.1) is 0 Å². The molecule has 76 valence electrons. The molecule has 2 aromatic carbocycles. The van der Waals surface area contributed by atoms with Crippen molar-refractivity contribution in [2.45, 2.75) is 0 Å². The Morgan fingerprint density at radius 3 is 1.93 bits per heavy atom. The molecule has 0 spiro atoms. The number of nitrogens with two attached hydrogens (primary N) is 1. The van der Waals surface area contributed by atoms with E-state index in [4.69, 9.17) is 5.73 Å². The van der Waals surface area contributed by atoms with Crippen LogP contribution in [0.2, 0.25) is 0 Å². The molecule has 0 fully saturated rings. The van der Waals surface area contributed by atoms with E-state index < -0.39 is 5.91 Å². The highest BCUT2D eigenvalue weighted by Gasteiger charge is 2.00. The first-order valence-corrected chi connectivity index (χ1v) is 4.72. The van der Waals surface area contributed by atoms with Crippen molar-refractivity contribution in [1.82, 2.24) is 0 Å². The third-order valence-electron chi connectivity index (χ3n) is 2.28. The molecule has 0 bridgehead atoms. The lowest BCUT2D eigenvalue weighted by Gasteiger charge is -2.01. The summed E-state index contributed by atoms with van der Waals surface area (Å²) in [5.41, 5.74) is 7.92. The molecule has 0 aromatic heterocycles. The highest BCUT2D eigenvalue weighted by Crippen LogP contribution is 2.18. The molecular formula is C13H13NO. The van der Waals surface area contributed by atoms with E-state index in [1.807, 2.05) is 42.5 Å². The predicted molar refractivity (Wildman–Crippen MR) is 62.5 cm³/mol. The van der Waals surface area contributed by atoms with Gasteiger partial charge in [-0.15, -0.1) is 0 Å². The van der Waals surface area contributed by atoms with Crippen LogP contribution in [-0.4, -0.2) is 5.91 Å². The van der Waals surface area contributed by atoms with Gasteiger partial charge in [0.2, 0.25) is 5.91 Å². The van der Waals surface area contributed by atoms with Gasteiger partial charge in [0.1, 0.15) is 0 Å². The minimum absolute atomic E-state index is 0. The van der Waals surface area contributed by atoms with E-state index in [2.05, 4.69) is 0 Å². The van der Waals surface area contributed by atoms with Gasteiger partial charge >= 0.3 is 0 Å². The van der Waals surface area contributed by atoms with Gasteiger partial charge < -0.3 is 5.73 Å². The van der Waals surface area contributed by atoms with Crippen LogP contribution in [0.1, 0.15) is 11.8 Å². The number of hydrogen-bond donors (Lipinski definition) is 1. The lowest BCUT2D eigenvalue weighted by Crippen LogP contribution is -2.10. The fraction of sp³-hybridized carbons (Fsp3) is 0. The largest absolute Gasteiger partial charge is 0.366 e. The monoisotopic (exact) mass is 199 g/mol. The van der Waals surface area contributed by atoms with E-state index in [0.717, 1.165) is 11.1 Å². The van der Waals surface area contributed by atoms with E-state index in [0.29, 0.717) is 5.56 Å². The predicted octanol–water partition coefficient (Wildman–Crippen LogP) is 2.70. The molecule has 2 rings (SSSR count). The average Bonchev–Trinajstić information content (AvgIpc) is 2.30. The number of rotatable bonds is 2. The Morgan fingerprint density at radius 1 is 0.867 bits per heavy atom. The highest BCUT2D eigenvalue weighted by molar-refractivity contribution is 5.93. The van der Waals surface area contributed by atoms with E-state index in [1.165, 1.54) is 0 Å². The molecular weight excluding hydrogens is 186 g/mol. The van der Waals surface area contributed by atoms with Crippen LogP contribution in [-0.2, 0) is 0 Å². The number of carbonyl (C=O) groups excluding carboxylic acids is 1. The minimum Gasteiger partial charge on any atom is -0.366 e. The van der Waals surface area contributed by atoms with Gasteiger partial charge in [-0.3, -0.25) is 4.79 Å². The summed E-state index contributed by atoms with van der Waals surface area (Å²) in [5, 5.41) is 0. The molecule has 0 aliphatic rings. The fourth-order valence-corrected chi connectivity index (χ4v) is 1.46. The maximum absolute atomic E-state index is 10.9. The Balaban J connectivity index is 0.00000128. The fourth-order valence-electron chi connectivity index (χ4n) is 1.46. The molecule has 0 aliphatic carbocycles. The number of amides is 1.